The zero-order chi connectivity index (χ0) is 19.8. The highest BCUT2D eigenvalue weighted by Crippen LogP contribution is 2.12. The number of halogens is 1. The summed E-state index contributed by atoms with van der Waals surface area (Å²) >= 11 is 1.61. The molecule has 0 fully saturated rings. The first-order valence-corrected chi connectivity index (χ1v) is 9.71. The summed E-state index contributed by atoms with van der Waals surface area (Å²) in [5.41, 5.74) is 7.38. The lowest BCUT2D eigenvalue weighted by Crippen LogP contribution is -2.39. The molecule has 1 unspecified atom stereocenters. The molecule has 146 valence electrons. The minimum Gasteiger partial charge on any atom is -0.369 e. The number of hydrogen-bond donors (Lipinski definition) is 2. The van der Waals surface area contributed by atoms with Crippen LogP contribution in [-0.2, 0) is 17.8 Å². The van der Waals surface area contributed by atoms with E-state index in [0.717, 1.165) is 16.3 Å². The van der Waals surface area contributed by atoms with E-state index in [0.29, 0.717) is 25.5 Å². The number of amides is 1. The molecule has 27 heavy (non-hydrogen) atoms. The first kappa shape index (κ1) is 20.8. The number of nitrogens with two attached hydrogens (primary N) is 1. The van der Waals surface area contributed by atoms with Crippen LogP contribution >= 0.6 is 11.3 Å². The van der Waals surface area contributed by atoms with Crippen LogP contribution in [0.25, 0.3) is 0 Å². The Balaban J connectivity index is 2.06. The van der Waals surface area contributed by atoms with Crippen LogP contribution in [-0.4, -0.2) is 41.9 Å². The van der Waals surface area contributed by atoms with Crippen LogP contribution in [0.2, 0.25) is 0 Å². The topological polar surface area (TPSA) is 83.6 Å². The molecular weight excluding hydrogens is 365 g/mol. The molecule has 0 saturated carbocycles. The van der Waals surface area contributed by atoms with Crippen molar-refractivity contribution in [1.82, 2.24) is 15.2 Å². The summed E-state index contributed by atoms with van der Waals surface area (Å²) in [6, 6.07) is 6.09. The van der Waals surface area contributed by atoms with Gasteiger partial charge in [-0.2, -0.15) is 0 Å². The van der Waals surface area contributed by atoms with Gasteiger partial charge in [-0.3, -0.25) is 9.79 Å². The van der Waals surface area contributed by atoms with Crippen molar-refractivity contribution in [1.29, 1.82) is 0 Å². The van der Waals surface area contributed by atoms with Crippen molar-refractivity contribution < 1.29 is 9.18 Å². The summed E-state index contributed by atoms with van der Waals surface area (Å²) in [6.45, 7) is 5.55. The Hall–Kier alpha value is -2.48. The molecule has 8 heteroatoms. The summed E-state index contributed by atoms with van der Waals surface area (Å²) in [4.78, 5) is 22.9. The number of primary amides is 1. The van der Waals surface area contributed by atoms with Gasteiger partial charge in [0.15, 0.2) is 5.96 Å². The molecule has 0 aliphatic heterocycles. The van der Waals surface area contributed by atoms with Crippen molar-refractivity contribution in [2.24, 2.45) is 16.6 Å². The van der Waals surface area contributed by atoms with E-state index < -0.39 is 11.8 Å². The second-order valence-electron chi connectivity index (χ2n) is 6.34. The molecule has 3 N–H and O–H groups in total. The number of benzene rings is 1. The SMILES string of the molecule is CCNC(=NCC(Cc1ccc(F)cc1)C(N)=O)N(C)Cc1csc(C)n1. The number of aliphatic imine (C=N–C) groups is 1. The second kappa shape index (κ2) is 10.0. The van der Waals surface area contributed by atoms with Gasteiger partial charge < -0.3 is 16.0 Å². The van der Waals surface area contributed by atoms with Crippen LogP contribution in [0.1, 0.15) is 23.2 Å². The fourth-order valence-corrected chi connectivity index (χ4v) is 3.23. The number of nitrogens with one attached hydrogen (secondary N) is 1. The lowest BCUT2D eigenvalue weighted by atomic mass is 9.99. The maximum Gasteiger partial charge on any atom is 0.222 e. The third-order valence-corrected chi connectivity index (χ3v) is 4.84. The van der Waals surface area contributed by atoms with Gasteiger partial charge in [0.2, 0.25) is 5.91 Å². The first-order valence-electron chi connectivity index (χ1n) is 8.83. The Morgan fingerprint density at radius 1 is 1.41 bits per heavy atom. The molecular formula is C19H26FN5OS. The normalized spacial score (nSPS) is 12.7. The fraction of sp³-hybridized carbons (Fsp3) is 0.421. The van der Waals surface area contributed by atoms with E-state index in [2.05, 4.69) is 15.3 Å². The van der Waals surface area contributed by atoms with Crippen LogP contribution in [0.5, 0.6) is 0 Å². The Bertz CT molecular complexity index is 775. The summed E-state index contributed by atoms with van der Waals surface area (Å²) in [5, 5.41) is 6.27. The lowest BCUT2D eigenvalue weighted by Gasteiger charge is -2.22. The largest absolute Gasteiger partial charge is 0.369 e. The molecule has 2 rings (SSSR count). The number of aryl methyl sites for hydroxylation is 1. The summed E-state index contributed by atoms with van der Waals surface area (Å²) < 4.78 is 13.1. The van der Waals surface area contributed by atoms with E-state index >= 15 is 0 Å². The molecule has 6 nitrogen and oxygen atoms in total. The van der Waals surface area contributed by atoms with Gasteiger partial charge in [0.1, 0.15) is 5.82 Å². The average molecular weight is 392 g/mol. The Morgan fingerprint density at radius 3 is 2.67 bits per heavy atom. The highest BCUT2D eigenvalue weighted by Gasteiger charge is 2.17. The quantitative estimate of drug-likeness (QED) is 0.534. The molecule has 0 radical (unpaired) electrons. The number of rotatable bonds is 8. The minimum absolute atomic E-state index is 0.259. The molecule has 0 spiro atoms. The molecule has 1 amide bonds. The van der Waals surface area contributed by atoms with Gasteiger partial charge >= 0.3 is 0 Å². The van der Waals surface area contributed by atoms with Crippen molar-refractivity contribution in [3.05, 3.63) is 51.7 Å². The maximum absolute atomic E-state index is 13.1. The average Bonchev–Trinajstić information content (AvgIpc) is 3.03. The number of thiazole rings is 1. The van der Waals surface area contributed by atoms with Gasteiger partial charge in [-0.05, 0) is 38.0 Å². The Morgan fingerprint density at radius 2 is 2.11 bits per heavy atom. The van der Waals surface area contributed by atoms with Crippen molar-refractivity contribution in [3.8, 4) is 0 Å². The van der Waals surface area contributed by atoms with Gasteiger partial charge in [-0.25, -0.2) is 9.37 Å². The summed E-state index contributed by atoms with van der Waals surface area (Å²) in [5.74, 6) is -0.495. The standard InChI is InChI=1S/C19H26FN5OS/c1-4-22-19(25(3)11-17-12-27-13(2)24-17)23-10-15(18(21)26)9-14-5-7-16(20)8-6-14/h5-8,12,15H,4,9-11H2,1-3H3,(H2,21,26)(H,22,23). The van der Waals surface area contributed by atoms with Crippen LogP contribution in [0, 0.1) is 18.7 Å². The highest BCUT2D eigenvalue weighted by atomic mass is 32.1. The third-order valence-electron chi connectivity index (χ3n) is 4.02. The molecule has 0 saturated heterocycles. The van der Waals surface area contributed by atoms with Crippen LogP contribution in [0.4, 0.5) is 4.39 Å². The molecule has 1 atom stereocenters. The molecule has 1 heterocycles. The molecule has 0 aliphatic carbocycles. The Kier molecular flexibility index (Phi) is 7.72. The molecule has 2 aromatic rings. The van der Waals surface area contributed by atoms with Crippen molar-refractivity contribution in [3.63, 3.8) is 0 Å². The number of aromatic nitrogens is 1. The van der Waals surface area contributed by atoms with Crippen molar-refractivity contribution in [2.75, 3.05) is 20.1 Å². The predicted octanol–water partition coefficient (Wildman–Crippen LogP) is 2.33. The summed E-state index contributed by atoms with van der Waals surface area (Å²) in [6.07, 6.45) is 0.424. The van der Waals surface area contributed by atoms with Crippen molar-refractivity contribution in [2.45, 2.75) is 26.8 Å². The van der Waals surface area contributed by atoms with Gasteiger partial charge in [0, 0.05) is 19.0 Å². The van der Waals surface area contributed by atoms with Gasteiger partial charge in [-0.15, -0.1) is 11.3 Å². The van der Waals surface area contributed by atoms with Gasteiger partial charge in [-0.1, -0.05) is 12.1 Å². The predicted molar refractivity (Wildman–Crippen MR) is 107 cm³/mol. The van der Waals surface area contributed by atoms with Crippen LogP contribution in [0.15, 0.2) is 34.6 Å². The highest BCUT2D eigenvalue weighted by molar-refractivity contribution is 7.09. The first-order chi connectivity index (χ1) is 12.9. The molecule has 1 aromatic carbocycles. The van der Waals surface area contributed by atoms with E-state index in [4.69, 9.17) is 5.73 Å². The molecule has 1 aromatic heterocycles. The molecule has 0 aliphatic rings. The van der Waals surface area contributed by atoms with Gasteiger partial charge in [0.05, 0.1) is 29.7 Å². The van der Waals surface area contributed by atoms with E-state index in [1.54, 1.807) is 23.5 Å². The number of carbonyl (C=O) groups excluding carboxylic acids is 1. The Labute approximate surface area is 163 Å². The van der Waals surface area contributed by atoms with Crippen LogP contribution < -0.4 is 11.1 Å². The number of guanidine groups is 1. The van der Waals surface area contributed by atoms with E-state index in [9.17, 15) is 9.18 Å². The van der Waals surface area contributed by atoms with E-state index in [1.807, 2.05) is 31.2 Å². The second-order valence-corrected chi connectivity index (χ2v) is 7.40. The number of nitrogens with zero attached hydrogens (tertiary/aromatic N) is 3. The van der Waals surface area contributed by atoms with Crippen LogP contribution in [0.3, 0.4) is 0 Å². The zero-order valence-corrected chi connectivity index (χ0v) is 16.7. The van der Waals surface area contributed by atoms with Crippen molar-refractivity contribution >= 4 is 23.2 Å². The zero-order valence-electron chi connectivity index (χ0n) is 15.9. The third kappa shape index (κ3) is 6.63. The number of carbonyl (C=O) groups is 1. The summed E-state index contributed by atoms with van der Waals surface area (Å²) in [7, 11) is 1.93. The smallest absolute Gasteiger partial charge is 0.222 e. The minimum atomic E-state index is -0.459. The lowest BCUT2D eigenvalue weighted by molar-refractivity contribution is -0.121. The monoisotopic (exact) mass is 391 g/mol. The van der Waals surface area contributed by atoms with Gasteiger partial charge in [0.25, 0.3) is 0 Å². The molecule has 0 bridgehead atoms. The maximum atomic E-state index is 13.1. The van der Waals surface area contributed by atoms with E-state index in [1.165, 1.54) is 12.1 Å². The number of hydrogen-bond acceptors (Lipinski definition) is 4. The van der Waals surface area contributed by atoms with E-state index in [-0.39, 0.29) is 12.4 Å². The fourth-order valence-electron chi connectivity index (χ4n) is 2.63.